The topological polar surface area (TPSA) is 25.2 Å². The van der Waals surface area contributed by atoms with Crippen LogP contribution in [0.25, 0.3) is 0 Å². The van der Waals surface area contributed by atoms with E-state index in [2.05, 4.69) is 25.2 Å². The highest BCUT2D eigenvalue weighted by Gasteiger charge is 2.24. The fourth-order valence-electron chi connectivity index (χ4n) is 2.85. The van der Waals surface area contributed by atoms with E-state index in [0.717, 1.165) is 5.92 Å². The molecular formula is C14H23NO. The molecule has 1 aliphatic carbocycles. The van der Waals surface area contributed by atoms with Crippen molar-refractivity contribution < 1.29 is 4.42 Å². The van der Waals surface area contributed by atoms with Crippen molar-refractivity contribution in [3.63, 3.8) is 0 Å². The first-order valence-corrected chi connectivity index (χ1v) is 6.59. The molecule has 1 aliphatic rings. The maximum atomic E-state index is 5.14. The Bertz CT molecular complexity index is 294. The van der Waals surface area contributed by atoms with Gasteiger partial charge in [0, 0.05) is 17.6 Å². The third kappa shape index (κ3) is 2.67. The predicted octanol–water partition coefficient (Wildman–Crippen LogP) is 3.90. The maximum absolute atomic E-state index is 5.14. The summed E-state index contributed by atoms with van der Waals surface area (Å²) in [6.07, 6.45) is 10.4. The van der Waals surface area contributed by atoms with Crippen LogP contribution in [0.4, 0.5) is 0 Å². The van der Waals surface area contributed by atoms with E-state index in [1.807, 2.05) is 6.26 Å². The second-order valence-electron chi connectivity index (χ2n) is 5.00. The SMILES string of the molecule is CCC1CCCCC1NC(C)c1ccoc1. The van der Waals surface area contributed by atoms with Crippen LogP contribution in [0.3, 0.4) is 0 Å². The van der Waals surface area contributed by atoms with E-state index >= 15 is 0 Å². The van der Waals surface area contributed by atoms with Gasteiger partial charge in [-0.15, -0.1) is 0 Å². The summed E-state index contributed by atoms with van der Waals surface area (Å²) in [6.45, 7) is 4.54. The van der Waals surface area contributed by atoms with E-state index in [-0.39, 0.29) is 0 Å². The van der Waals surface area contributed by atoms with Gasteiger partial charge >= 0.3 is 0 Å². The van der Waals surface area contributed by atoms with Gasteiger partial charge in [-0.3, -0.25) is 0 Å². The van der Waals surface area contributed by atoms with Crippen LogP contribution in [0.5, 0.6) is 0 Å². The van der Waals surface area contributed by atoms with Crippen molar-refractivity contribution in [1.82, 2.24) is 5.32 Å². The zero-order valence-electron chi connectivity index (χ0n) is 10.4. The molecule has 3 atom stereocenters. The van der Waals surface area contributed by atoms with E-state index in [1.165, 1.54) is 37.7 Å². The summed E-state index contributed by atoms with van der Waals surface area (Å²) in [5.74, 6) is 0.864. The van der Waals surface area contributed by atoms with Crippen molar-refractivity contribution in [2.45, 2.75) is 58.0 Å². The lowest BCUT2D eigenvalue weighted by atomic mass is 9.82. The normalized spacial score (nSPS) is 27.9. The molecule has 1 saturated carbocycles. The molecule has 0 aliphatic heterocycles. The van der Waals surface area contributed by atoms with Crippen LogP contribution < -0.4 is 5.32 Å². The summed E-state index contributed by atoms with van der Waals surface area (Å²) in [6, 6.07) is 3.17. The summed E-state index contributed by atoms with van der Waals surface area (Å²) < 4.78 is 5.14. The minimum atomic E-state index is 0.413. The Labute approximate surface area is 98.4 Å². The molecule has 0 radical (unpaired) electrons. The Hall–Kier alpha value is -0.760. The summed E-state index contributed by atoms with van der Waals surface area (Å²) in [7, 11) is 0. The molecule has 2 rings (SSSR count). The lowest BCUT2D eigenvalue weighted by molar-refractivity contribution is 0.240. The van der Waals surface area contributed by atoms with E-state index < -0.39 is 0 Å². The zero-order chi connectivity index (χ0) is 11.4. The Morgan fingerprint density at radius 1 is 1.44 bits per heavy atom. The number of rotatable bonds is 4. The van der Waals surface area contributed by atoms with Crippen LogP contribution >= 0.6 is 0 Å². The van der Waals surface area contributed by atoms with E-state index in [9.17, 15) is 0 Å². The van der Waals surface area contributed by atoms with Gasteiger partial charge in [0.1, 0.15) is 0 Å². The molecule has 1 fully saturated rings. The van der Waals surface area contributed by atoms with Gasteiger partial charge in [-0.1, -0.05) is 26.2 Å². The molecule has 0 amide bonds. The van der Waals surface area contributed by atoms with Crippen molar-refractivity contribution in [3.8, 4) is 0 Å². The molecule has 0 saturated heterocycles. The van der Waals surface area contributed by atoms with Gasteiger partial charge in [-0.25, -0.2) is 0 Å². The molecule has 90 valence electrons. The fraction of sp³-hybridized carbons (Fsp3) is 0.714. The highest BCUT2D eigenvalue weighted by atomic mass is 16.3. The molecule has 0 aromatic carbocycles. The number of hydrogen-bond donors (Lipinski definition) is 1. The molecule has 3 unspecified atom stereocenters. The van der Waals surface area contributed by atoms with Crippen molar-refractivity contribution in [2.24, 2.45) is 5.92 Å². The Morgan fingerprint density at radius 2 is 2.25 bits per heavy atom. The molecule has 1 N–H and O–H groups in total. The van der Waals surface area contributed by atoms with Crippen molar-refractivity contribution in [1.29, 1.82) is 0 Å². The molecule has 2 nitrogen and oxygen atoms in total. The standard InChI is InChI=1S/C14H23NO/c1-3-12-6-4-5-7-14(12)15-11(2)13-8-9-16-10-13/h8-12,14-15H,3-7H2,1-2H3. The van der Waals surface area contributed by atoms with Crippen LogP contribution in [-0.2, 0) is 0 Å². The van der Waals surface area contributed by atoms with Crippen molar-refractivity contribution in [2.75, 3.05) is 0 Å². The first-order chi connectivity index (χ1) is 7.81. The van der Waals surface area contributed by atoms with Gasteiger partial charge in [-0.05, 0) is 31.7 Å². The molecule has 1 aromatic rings. The molecule has 0 bridgehead atoms. The monoisotopic (exact) mass is 221 g/mol. The smallest absolute Gasteiger partial charge is 0.0950 e. The Balaban J connectivity index is 1.92. The summed E-state index contributed by atoms with van der Waals surface area (Å²) in [5, 5.41) is 3.76. The van der Waals surface area contributed by atoms with Gasteiger partial charge in [0.2, 0.25) is 0 Å². The van der Waals surface area contributed by atoms with Gasteiger partial charge < -0.3 is 9.73 Å². The van der Waals surface area contributed by atoms with E-state index in [0.29, 0.717) is 12.1 Å². The van der Waals surface area contributed by atoms with Crippen molar-refractivity contribution in [3.05, 3.63) is 24.2 Å². The predicted molar refractivity (Wildman–Crippen MR) is 66.3 cm³/mol. The average Bonchev–Trinajstić information content (AvgIpc) is 2.83. The molecule has 1 aromatic heterocycles. The quantitative estimate of drug-likeness (QED) is 0.834. The Morgan fingerprint density at radius 3 is 2.94 bits per heavy atom. The third-order valence-corrected chi connectivity index (χ3v) is 3.94. The molecule has 2 heteroatoms. The number of nitrogens with one attached hydrogen (secondary N) is 1. The number of hydrogen-bond acceptors (Lipinski definition) is 2. The van der Waals surface area contributed by atoms with Crippen molar-refractivity contribution >= 4 is 0 Å². The first kappa shape index (κ1) is 11.7. The first-order valence-electron chi connectivity index (χ1n) is 6.59. The third-order valence-electron chi connectivity index (χ3n) is 3.94. The zero-order valence-corrected chi connectivity index (χ0v) is 10.4. The molecule has 1 heterocycles. The number of furan rings is 1. The van der Waals surface area contributed by atoms with Crippen LogP contribution in [0.2, 0.25) is 0 Å². The Kier molecular flexibility index (Phi) is 4.05. The van der Waals surface area contributed by atoms with Crippen LogP contribution in [0.15, 0.2) is 23.0 Å². The average molecular weight is 221 g/mol. The van der Waals surface area contributed by atoms with Gasteiger partial charge in [0.05, 0.1) is 12.5 Å². The fourth-order valence-corrected chi connectivity index (χ4v) is 2.85. The highest BCUT2D eigenvalue weighted by Crippen LogP contribution is 2.28. The lowest BCUT2D eigenvalue weighted by Crippen LogP contribution is -2.39. The molecule has 0 spiro atoms. The summed E-state index contributed by atoms with van der Waals surface area (Å²) >= 11 is 0. The van der Waals surface area contributed by atoms with E-state index in [4.69, 9.17) is 4.42 Å². The maximum Gasteiger partial charge on any atom is 0.0950 e. The largest absolute Gasteiger partial charge is 0.472 e. The van der Waals surface area contributed by atoms with Crippen LogP contribution in [0, 0.1) is 5.92 Å². The molecule has 16 heavy (non-hydrogen) atoms. The van der Waals surface area contributed by atoms with Gasteiger partial charge in [0.15, 0.2) is 0 Å². The van der Waals surface area contributed by atoms with Crippen LogP contribution in [0.1, 0.15) is 57.6 Å². The second kappa shape index (κ2) is 5.53. The minimum Gasteiger partial charge on any atom is -0.472 e. The lowest BCUT2D eigenvalue weighted by Gasteiger charge is -2.33. The minimum absolute atomic E-state index is 0.413. The second-order valence-corrected chi connectivity index (χ2v) is 5.00. The van der Waals surface area contributed by atoms with E-state index in [1.54, 1.807) is 6.26 Å². The van der Waals surface area contributed by atoms with Crippen LogP contribution in [-0.4, -0.2) is 6.04 Å². The summed E-state index contributed by atoms with van der Waals surface area (Å²) in [4.78, 5) is 0. The highest BCUT2D eigenvalue weighted by molar-refractivity contribution is 5.10. The molecular weight excluding hydrogens is 198 g/mol. The summed E-state index contributed by atoms with van der Waals surface area (Å²) in [5.41, 5.74) is 1.26. The van der Waals surface area contributed by atoms with Gasteiger partial charge in [-0.2, -0.15) is 0 Å². The van der Waals surface area contributed by atoms with Gasteiger partial charge in [0.25, 0.3) is 0 Å².